The van der Waals surface area contributed by atoms with Crippen molar-refractivity contribution in [3.05, 3.63) is 23.3 Å². The fourth-order valence-electron chi connectivity index (χ4n) is 1.56. The average molecular weight is 278 g/mol. The smallest absolute Gasteiger partial charge is 0.265 e. The summed E-state index contributed by atoms with van der Waals surface area (Å²) >= 11 is 1.34. The summed E-state index contributed by atoms with van der Waals surface area (Å²) in [5, 5.41) is 5.10. The number of carbonyl (C=O) groups excluding carboxylic acids is 2. The summed E-state index contributed by atoms with van der Waals surface area (Å²) in [7, 11) is 0. The number of nitrogens with zero attached hydrogens (tertiary/aromatic N) is 1. The Kier molecular flexibility index (Phi) is 3.96. The zero-order valence-electron chi connectivity index (χ0n) is 10.4. The maximum atomic E-state index is 11.4. The number of H-pyrrole nitrogens is 1. The van der Waals surface area contributed by atoms with E-state index in [1.807, 2.05) is 12.3 Å². The van der Waals surface area contributed by atoms with E-state index in [1.54, 1.807) is 12.3 Å². The van der Waals surface area contributed by atoms with E-state index in [2.05, 4.69) is 15.3 Å². The van der Waals surface area contributed by atoms with Gasteiger partial charge in [0.15, 0.2) is 5.13 Å². The highest BCUT2D eigenvalue weighted by molar-refractivity contribution is 7.14. The summed E-state index contributed by atoms with van der Waals surface area (Å²) in [6, 6.07) is 1.63. The normalized spacial score (nSPS) is 10.4. The van der Waals surface area contributed by atoms with Gasteiger partial charge in [-0.2, -0.15) is 0 Å². The van der Waals surface area contributed by atoms with Crippen molar-refractivity contribution in [1.82, 2.24) is 9.97 Å². The lowest BCUT2D eigenvalue weighted by Gasteiger charge is -1.98. The molecule has 0 bridgehead atoms. The van der Waals surface area contributed by atoms with Crippen LogP contribution in [-0.4, -0.2) is 21.8 Å². The fourth-order valence-corrected chi connectivity index (χ4v) is 2.29. The predicted molar refractivity (Wildman–Crippen MR) is 74.0 cm³/mol. The maximum Gasteiger partial charge on any atom is 0.265 e. The highest BCUT2D eigenvalue weighted by atomic mass is 32.1. The third-order valence-electron chi connectivity index (χ3n) is 2.47. The van der Waals surface area contributed by atoms with Crippen LogP contribution in [0.15, 0.2) is 17.6 Å². The largest absolute Gasteiger partial charge is 0.364 e. The third kappa shape index (κ3) is 3.19. The van der Waals surface area contributed by atoms with Crippen molar-refractivity contribution in [1.29, 1.82) is 0 Å². The molecule has 19 heavy (non-hydrogen) atoms. The molecule has 0 radical (unpaired) electrons. The second kappa shape index (κ2) is 5.66. The third-order valence-corrected chi connectivity index (χ3v) is 3.23. The summed E-state index contributed by atoms with van der Waals surface area (Å²) in [6.45, 7) is 1.94. The molecule has 4 N–H and O–H groups in total. The number of aromatic nitrogens is 2. The van der Waals surface area contributed by atoms with E-state index >= 15 is 0 Å². The Morgan fingerprint density at radius 3 is 2.95 bits per heavy atom. The second-order valence-electron chi connectivity index (χ2n) is 4.00. The van der Waals surface area contributed by atoms with Crippen LogP contribution in [0.1, 0.15) is 30.3 Å². The Balaban J connectivity index is 2.11. The minimum Gasteiger partial charge on any atom is -0.364 e. The Labute approximate surface area is 114 Å². The van der Waals surface area contributed by atoms with E-state index in [9.17, 15) is 9.59 Å². The topological polar surface area (TPSA) is 101 Å². The molecule has 0 unspecified atom stereocenters. The highest BCUT2D eigenvalue weighted by Crippen LogP contribution is 2.25. The summed E-state index contributed by atoms with van der Waals surface area (Å²) in [5.74, 6) is -0.562. The van der Waals surface area contributed by atoms with Crippen molar-refractivity contribution in [2.24, 2.45) is 5.73 Å². The zero-order chi connectivity index (χ0) is 13.8. The number of thiazole rings is 1. The predicted octanol–water partition coefficient (Wildman–Crippen LogP) is 1.98. The Bertz CT molecular complexity index is 602. The van der Waals surface area contributed by atoms with Crippen LogP contribution in [0.3, 0.4) is 0 Å². The van der Waals surface area contributed by atoms with Gasteiger partial charge >= 0.3 is 0 Å². The van der Waals surface area contributed by atoms with Crippen molar-refractivity contribution in [2.45, 2.75) is 19.8 Å². The van der Waals surface area contributed by atoms with Crippen LogP contribution in [0.25, 0.3) is 11.3 Å². The summed E-state index contributed by atoms with van der Waals surface area (Å²) in [4.78, 5) is 29.5. The number of hydrogen-bond acceptors (Lipinski definition) is 4. The monoisotopic (exact) mass is 278 g/mol. The lowest BCUT2D eigenvalue weighted by molar-refractivity contribution is -0.116. The van der Waals surface area contributed by atoms with Crippen LogP contribution in [-0.2, 0) is 4.79 Å². The molecular formula is C12H14N4O2S. The Hall–Kier alpha value is -2.15. The molecule has 0 saturated heterocycles. The molecule has 7 heteroatoms. The number of carbonyl (C=O) groups is 2. The molecule has 0 fully saturated rings. The van der Waals surface area contributed by atoms with Crippen LogP contribution >= 0.6 is 11.3 Å². The minimum absolute atomic E-state index is 0.0460. The van der Waals surface area contributed by atoms with Gasteiger partial charge in [0.25, 0.3) is 5.91 Å². The molecule has 6 nitrogen and oxygen atoms in total. The van der Waals surface area contributed by atoms with Gasteiger partial charge in [-0.3, -0.25) is 9.59 Å². The lowest BCUT2D eigenvalue weighted by atomic mass is 10.2. The molecule has 2 aromatic rings. The number of anilines is 1. The average Bonchev–Trinajstić information content (AvgIpc) is 2.96. The van der Waals surface area contributed by atoms with Crippen LogP contribution in [0.4, 0.5) is 5.13 Å². The van der Waals surface area contributed by atoms with Crippen molar-refractivity contribution in [2.75, 3.05) is 5.32 Å². The molecule has 0 atom stereocenters. The first-order chi connectivity index (χ1) is 9.10. The quantitative estimate of drug-likeness (QED) is 0.779. The fraction of sp³-hybridized carbons (Fsp3) is 0.250. The number of hydrogen-bond donors (Lipinski definition) is 3. The van der Waals surface area contributed by atoms with Crippen molar-refractivity contribution >= 4 is 28.3 Å². The minimum atomic E-state index is -0.516. The first-order valence-electron chi connectivity index (χ1n) is 5.84. The molecule has 0 saturated carbocycles. The van der Waals surface area contributed by atoms with Gasteiger partial charge in [0.1, 0.15) is 5.69 Å². The Morgan fingerprint density at radius 1 is 1.53 bits per heavy atom. The highest BCUT2D eigenvalue weighted by Gasteiger charge is 2.10. The molecule has 2 heterocycles. The van der Waals surface area contributed by atoms with Gasteiger partial charge in [-0.05, 0) is 12.5 Å². The van der Waals surface area contributed by atoms with Gasteiger partial charge in [0.2, 0.25) is 5.91 Å². The lowest BCUT2D eigenvalue weighted by Crippen LogP contribution is -2.10. The van der Waals surface area contributed by atoms with Gasteiger partial charge in [-0.1, -0.05) is 6.92 Å². The van der Waals surface area contributed by atoms with Crippen molar-refractivity contribution in [3.63, 3.8) is 0 Å². The molecule has 0 aromatic carbocycles. The zero-order valence-corrected chi connectivity index (χ0v) is 11.2. The summed E-state index contributed by atoms with van der Waals surface area (Å²) in [6.07, 6.45) is 2.93. The summed E-state index contributed by atoms with van der Waals surface area (Å²) < 4.78 is 0. The number of aromatic amines is 1. The summed E-state index contributed by atoms with van der Waals surface area (Å²) in [5.41, 5.74) is 6.96. The van der Waals surface area contributed by atoms with Gasteiger partial charge in [-0.25, -0.2) is 4.98 Å². The van der Waals surface area contributed by atoms with Crippen molar-refractivity contribution < 1.29 is 9.59 Å². The standard InChI is InChI=1S/C12H14N4O2S/c1-2-3-10(17)16-12-15-9(6-19-12)7-4-8(11(13)18)14-5-7/h4-6,14H,2-3H2,1H3,(H2,13,18)(H,15,16,17). The Morgan fingerprint density at radius 2 is 2.32 bits per heavy atom. The molecule has 2 amide bonds. The number of rotatable bonds is 5. The number of amides is 2. The van der Waals surface area contributed by atoms with Gasteiger partial charge in [-0.15, -0.1) is 11.3 Å². The molecule has 100 valence electrons. The number of nitrogens with one attached hydrogen (secondary N) is 2. The molecular weight excluding hydrogens is 264 g/mol. The van der Waals surface area contributed by atoms with E-state index in [0.29, 0.717) is 22.9 Å². The molecule has 2 aromatic heterocycles. The number of primary amides is 1. The molecule has 0 spiro atoms. The molecule has 0 aliphatic rings. The van der Waals surface area contributed by atoms with Crippen molar-refractivity contribution in [3.8, 4) is 11.3 Å². The molecule has 2 rings (SSSR count). The van der Waals surface area contributed by atoms with E-state index in [1.165, 1.54) is 11.3 Å². The molecule has 0 aliphatic carbocycles. The SMILES string of the molecule is CCCC(=O)Nc1nc(-c2c[nH]c(C(N)=O)c2)cs1. The van der Waals surface area contributed by atoms with E-state index < -0.39 is 5.91 Å². The van der Waals surface area contributed by atoms with Crippen LogP contribution in [0, 0.1) is 0 Å². The first-order valence-corrected chi connectivity index (χ1v) is 6.72. The van der Waals surface area contributed by atoms with Crippen LogP contribution < -0.4 is 11.1 Å². The van der Waals surface area contributed by atoms with Crippen LogP contribution in [0.5, 0.6) is 0 Å². The number of nitrogens with two attached hydrogens (primary N) is 1. The van der Waals surface area contributed by atoms with Gasteiger partial charge in [0, 0.05) is 23.6 Å². The van der Waals surface area contributed by atoms with E-state index in [-0.39, 0.29) is 5.91 Å². The van der Waals surface area contributed by atoms with Crippen LogP contribution in [0.2, 0.25) is 0 Å². The second-order valence-corrected chi connectivity index (χ2v) is 4.86. The van der Waals surface area contributed by atoms with E-state index in [0.717, 1.165) is 12.0 Å². The molecule has 0 aliphatic heterocycles. The van der Waals surface area contributed by atoms with Gasteiger partial charge in [0.05, 0.1) is 5.69 Å². The van der Waals surface area contributed by atoms with Gasteiger partial charge < -0.3 is 16.0 Å². The first kappa shape index (κ1) is 13.3. The maximum absolute atomic E-state index is 11.4. The van der Waals surface area contributed by atoms with E-state index in [4.69, 9.17) is 5.73 Å².